The number of benzene rings is 1. The Labute approximate surface area is 178 Å². The van der Waals surface area contributed by atoms with Crippen LogP contribution in [0.25, 0.3) is 0 Å². The molecule has 2 N–H and O–H groups in total. The van der Waals surface area contributed by atoms with Crippen LogP contribution in [0, 0.1) is 0 Å². The van der Waals surface area contributed by atoms with Crippen molar-refractivity contribution in [2.75, 3.05) is 13.2 Å². The molecule has 0 aliphatic heterocycles. The minimum atomic E-state index is -0.247. The third-order valence-electron chi connectivity index (χ3n) is 5.35. The molecule has 1 aromatic carbocycles. The van der Waals surface area contributed by atoms with Crippen molar-refractivity contribution >= 4 is 0 Å². The van der Waals surface area contributed by atoms with Crippen molar-refractivity contribution in [2.24, 2.45) is 0 Å². The number of aryl methyl sites for hydroxylation is 1. The Bertz CT molecular complexity index is 486. The van der Waals surface area contributed by atoms with Crippen molar-refractivity contribution in [1.82, 2.24) is 0 Å². The van der Waals surface area contributed by atoms with Gasteiger partial charge in [0.1, 0.15) is 0 Å². The smallest absolute Gasteiger partial charge is 0.160 e. The summed E-state index contributed by atoms with van der Waals surface area (Å²) < 4.78 is 12.0. The van der Waals surface area contributed by atoms with Gasteiger partial charge in [0.25, 0.3) is 0 Å². The number of aromatic hydroxyl groups is 2. The molecule has 0 aliphatic carbocycles. The Hall–Kier alpha value is -1.26. The second kappa shape index (κ2) is 17.6. The van der Waals surface area contributed by atoms with E-state index in [1.165, 1.54) is 70.3 Å². The van der Waals surface area contributed by atoms with E-state index in [1.54, 1.807) is 6.07 Å². The number of unbranched alkanes of at least 4 members (excludes halogenated alkanes) is 10. The van der Waals surface area contributed by atoms with Gasteiger partial charge in [-0.2, -0.15) is 0 Å². The Kier molecular flexibility index (Phi) is 15.6. The highest BCUT2D eigenvalue weighted by Gasteiger charge is 2.13. The highest BCUT2D eigenvalue weighted by Crippen LogP contribution is 2.29. The zero-order valence-corrected chi connectivity index (χ0v) is 18.8. The van der Waals surface area contributed by atoms with Gasteiger partial charge in [0.2, 0.25) is 0 Å². The summed E-state index contributed by atoms with van der Waals surface area (Å²) >= 11 is 0. The van der Waals surface area contributed by atoms with E-state index < -0.39 is 0 Å². The van der Waals surface area contributed by atoms with E-state index in [1.807, 2.05) is 6.07 Å². The molecule has 4 nitrogen and oxygen atoms in total. The standard InChI is InChI=1S/C25H44O4/c1-3-5-7-9-11-13-20-28-24(29-21-14-12-10-8-6-4-2)19-18-22-16-15-17-23(26)25(22)27/h15-17,24,26-27H,3-14,18-21H2,1-2H3. The molecular formula is C25H44O4. The van der Waals surface area contributed by atoms with Gasteiger partial charge in [0.15, 0.2) is 17.8 Å². The third kappa shape index (κ3) is 12.8. The van der Waals surface area contributed by atoms with Crippen molar-refractivity contribution in [1.29, 1.82) is 0 Å². The summed E-state index contributed by atoms with van der Waals surface area (Å²) in [6.45, 7) is 5.91. The Balaban J connectivity index is 2.34. The van der Waals surface area contributed by atoms with Crippen LogP contribution in [0.1, 0.15) is 103 Å². The number of phenolic OH excluding ortho intramolecular Hbond substituents is 2. The molecule has 1 aromatic rings. The van der Waals surface area contributed by atoms with Gasteiger partial charge in [-0.15, -0.1) is 0 Å². The predicted molar refractivity (Wildman–Crippen MR) is 121 cm³/mol. The lowest BCUT2D eigenvalue weighted by Crippen LogP contribution is -2.20. The molecule has 0 aromatic heterocycles. The van der Waals surface area contributed by atoms with Crippen molar-refractivity contribution < 1.29 is 19.7 Å². The maximum absolute atomic E-state index is 10.0. The monoisotopic (exact) mass is 408 g/mol. The molecular weight excluding hydrogens is 364 g/mol. The van der Waals surface area contributed by atoms with Crippen molar-refractivity contribution in [2.45, 2.75) is 110 Å². The molecule has 0 amide bonds. The molecule has 168 valence electrons. The summed E-state index contributed by atoms with van der Waals surface area (Å²) in [7, 11) is 0. The van der Waals surface area contributed by atoms with Crippen LogP contribution in [-0.2, 0) is 15.9 Å². The zero-order chi connectivity index (χ0) is 21.2. The second-order valence-corrected chi connectivity index (χ2v) is 8.03. The van der Waals surface area contributed by atoms with E-state index in [0.29, 0.717) is 12.8 Å². The van der Waals surface area contributed by atoms with E-state index in [4.69, 9.17) is 9.47 Å². The average molecular weight is 409 g/mol. The molecule has 0 unspecified atom stereocenters. The van der Waals surface area contributed by atoms with Crippen molar-refractivity contribution in [3.05, 3.63) is 23.8 Å². The number of hydrogen-bond donors (Lipinski definition) is 2. The van der Waals surface area contributed by atoms with Crippen LogP contribution in [-0.4, -0.2) is 29.7 Å². The van der Waals surface area contributed by atoms with Gasteiger partial charge in [-0.05, 0) is 30.9 Å². The van der Waals surface area contributed by atoms with Gasteiger partial charge in [0, 0.05) is 19.6 Å². The summed E-state index contributed by atoms with van der Waals surface area (Å²) in [5.41, 5.74) is 0.737. The van der Waals surface area contributed by atoms with Crippen LogP contribution in [0.2, 0.25) is 0 Å². The number of ether oxygens (including phenoxy) is 2. The number of para-hydroxylation sites is 1. The van der Waals surface area contributed by atoms with Crippen LogP contribution >= 0.6 is 0 Å². The van der Waals surface area contributed by atoms with Crippen molar-refractivity contribution in [3.63, 3.8) is 0 Å². The molecule has 0 saturated carbocycles. The second-order valence-electron chi connectivity index (χ2n) is 8.03. The van der Waals surface area contributed by atoms with Gasteiger partial charge < -0.3 is 19.7 Å². The van der Waals surface area contributed by atoms with Crippen LogP contribution in [0.5, 0.6) is 11.5 Å². The first-order chi connectivity index (χ1) is 14.2. The summed E-state index contributed by atoms with van der Waals surface area (Å²) in [6.07, 6.45) is 16.0. The lowest BCUT2D eigenvalue weighted by Gasteiger charge is -2.19. The quantitative estimate of drug-likeness (QED) is 0.145. The summed E-state index contributed by atoms with van der Waals surface area (Å²) in [5.74, 6) is -0.0989. The highest BCUT2D eigenvalue weighted by atomic mass is 16.7. The van der Waals surface area contributed by atoms with E-state index in [9.17, 15) is 10.2 Å². The van der Waals surface area contributed by atoms with Crippen LogP contribution in [0.15, 0.2) is 18.2 Å². The van der Waals surface area contributed by atoms with Gasteiger partial charge in [-0.3, -0.25) is 0 Å². The first kappa shape index (κ1) is 25.8. The molecule has 0 radical (unpaired) electrons. The first-order valence-electron chi connectivity index (χ1n) is 11.9. The van der Waals surface area contributed by atoms with Crippen LogP contribution in [0.3, 0.4) is 0 Å². The molecule has 0 bridgehead atoms. The van der Waals surface area contributed by atoms with E-state index in [-0.39, 0.29) is 17.8 Å². The van der Waals surface area contributed by atoms with Gasteiger partial charge in [0.05, 0.1) is 0 Å². The Morgan fingerprint density at radius 1 is 0.724 bits per heavy atom. The number of rotatable bonds is 19. The fraction of sp³-hybridized carbons (Fsp3) is 0.760. The van der Waals surface area contributed by atoms with E-state index in [2.05, 4.69) is 13.8 Å². The normalized spacial score (nSPS) is 11.4. The predicted octanol–water partition coefficient (Wildman–Crippen LogP) is 7.11. The topological polar surface area (TPSA) is 58.9 Å². The largest absolute Gasteiger partial charge is 0.504 e. The average Bonchev–Trinajstić information content (AvgIpc) is 2.72. The van der Waals surface area contributed by atoms with Gasteiger partial charge >= 0.3 is 0 Å². The molecule has 0 atom stereocenters. The van der Waals surface area contributed by atoms with E-state index in [0.717, 1.165) is 31.6 Å². The molecule has 4 heteroatoms. The molecule has 0 fully saturated rings. The molecule has 0 heterocycles. The number of phenols is 2. The maximum Gasteiger partial charge on any atom is 0.160 e. The Morgan fingerprint density at radius 3 is 1.79 bits per heavy atom. The SMILES string of the molecule is CCCCCCCCOC(CCc1cccc(O)c1O)OCCCCCCCC. The summed E-state index contributed by atoms with van der Waals surface area (Å²) in [5, 5.41) is 19.7. The van der Waals surface area contributed by atoms with Gasteiger partial charge in [-0.25, -0.2) is 0 Å². The number of hydrogen-bond acceptors (Lipinski definition) is 4. The zero-order valence-electron chi connectivity index (χ0n) is 18.8. The van der Waals surface area contributed by atoms with E-state index >= 15 is 0 Å². The molecule has 1 rings (SSSR count). The first-order valence-corrected chi connectivity index (χ1v) is 11.9. The minimum absolute atomic E-state index is 0.0295. The molecule has 0 aliphatic rings. The lowest BCUT2D eigenvalue weighted by molar-refractivity contribution is -0.147. The minimum Gasteiger partial charge on any atom is -0.504 e. The fourth-order valence-electron chi connectivity index (χ4n) is 3.46. The van der Waals surface area contributed by atoms with Gasteiger partial charge in [-0.1, -0.05) is 90.2 Å². The lowest BCUT2D eigenvalue weighted by atomic mass is 10.1. The molecule has 0 spiro atoms. The fourth-order valence-corrected chi connectivity index (χ4v) is 3.46. The Morgan fingerprint density at radius 2 is 1.24 bits per heavy atom. The molecule has 29 heavy (non-hydrogen) atoms. The summed E-state index contributed by atoms with van der Waals surface area (Å²) in [4.78, 5) is 0. The maximum atomic E-state index is 10.0. The third-order valence-corrected chi connectivity index (χ3v) is 5.35. The summed E-state index contributed by atoms with van der Waals surface area (Å²) in [6, 6.07) is 5.10. The van der Waals surface area contributed by atoms with Crippen LogP contribution in [0.4, 0.5) is 0 Å². The van der Waals surface area contributed by atoms with Crippen molar-refractivity contribution in [3.8, 4) is 11.5 Å². The van der Waals surface area contributed by atoms with Crippen LogP contribution < -0.4 is 0 Å². The highest BCUT2D eigenvalue weighted by molar-refractivity contribution is 5.44. The molecule has 0 saturated heterocycles.